The van der Waals surface area contributed by atoms with Crippen LogP contribution in [0.2, 0.25) is 18.1 Å². The molecule has 0 saturated heterocycles. The Hall–Kier alpha value is -1.45. The van der Waals surface area contributed by atoms with Gasteiger partial charge in [-0.2, -0.15) is 0 Å². The molecule has 2 aromatic rings. The molecule has 0 aliphatic heterocycles. The van der Waals surface area contributed by atoms with Crippen molar-refractivity contribution in [3.8, 4) is 0 Å². The Morgan fingerprint density at radius 1 is 1.25 bits per heavy atom. The second kappa shape index (κ2) is 9.42. The number of hydrogen-bond donors (Lipinski definition) is 0. The summed E-state index contributed by atoms with van der Waals surface area (Å²) in [5.74, 6) is 0.419. The third kappa shape index (κ3) is 6.54. The van der Waals surface area contributed by atoms with Gasteiger partial charge in [0.05, 0.1) is 30.2 Å². The van der Waals surface area contributed by atoms with E-state index in [0.29, 0.717) is 23.1 Å². The zero-order chi connectivity index (χ0) is 24.6. The molecule has 0 aliphatic carbocycles. The number of benzene rings is 1. The largest absolute Gasteiger partial charge is 0.444 e. The van der Waals surface area contributed by atoms with Gasteiger partial charge in [-0.25, -0.2) is 14.2 Å². The number of aromatic nitrogens is 2. The third-order valence-corrected chi connectivity index (χ3v) is 10.9. The SMILES string of the molecule is Cc1nc2cc(F)cc(Br)c2n1C[C@H](CN(C)C(=O)OC(C)(C)C)O[Si](C)(C)C(C)(C)C. The van der Waals surface area contributed by atoms with Crippen LogP contribution in [0.4, 0.5) is 9.18 Å². The summed E-state index contributed by atoms with van der Waals surface area (Å²) in [7, 11) is -0.419. The van der Waals surface area contributed by atoms with E-state index in [2.05, 4.69) is 54.8 Å². The van der Waals surface area contributed by atoms with Crippen molar-refractivity contribution < 1.29 is 18.3 Å². The lowest BCUT2D eigenvalue weighted by atomic mass is 10.2. The molecule has 0 N–H and O–H groups in total. The van der Waals surface area contributed by atoms with Crippen molar-refractivity contribution in [2.75, 3.05) is 13.6 Å². The van der Waals surface area contributed by atoms with Crippen LogP contribution < -0.4 is 0 Å². The van der Waals surface area contributed by atoms with Gasteiger partial charge in [-0.3, -0.25) is 0 Å². The maximum atomic E-state index is 13.9. The van der Waals surface area contributed by atoms with E-state index < -0.39 is 20.0 Å². The fourth-order valence-electron chi connectivity index (χ4n) is 3.17. The van der Waals surface area contributed by atoms with Crippen LogP contribution in [0, 0.1) is 12.7 Å². The Morgan fingerprint density at radius 2 is 1.84 bits per heavy atom. The highest BCUT2D eigenvalue weighted by molar-refractivity contribution is 9.10. The molecule has 0 aliphatic rings. The van der Waals surface area contributed by atoms with E-state index in [4.69, 9.17) is 9.16 Å². The minimum absolute atomic E-state index is 0.00546. The second-order valence-electron chi connectivity index (χ2n) is 10.9. The van der Waals surface area contributed by atoms with E-state index in [1.807, 2.05) is 32.3 Å². The fourth-order valence-corrected chi connectivity index (χ4v) is 5.15. The van der Waals surface area contributed by atoms with Gasteiger partial charge in [-0.1, -0.05) is 20.8 Å². The highest BCUT2D eigenvalue weighted by Gasteiger charge is 2.40. The average Bonchev–Trinajstić information content (AvgIpc) is 2.87. The molecule has 1 aromatic carbocycles. The molecular formula is C23H37BrFN3O3Si. The molecule has 1 amide bonds. The Morgan fingerprint density at radius 3 is 2.38 bits per heavy atom. The molecule has 1 heterocycles. The number of aryl methyl sites for hydroxylation is 1. The number of carbonyl (C=O) groups is 1. The van der Waals surface area contributed by atoms with Gasteiger partial charge < -0.3 is 18.6 Å². The van der Waals surface area contributed by atoms with Crippen molar-refractivity contribution in [1.82, 2.24) is 14.5 Å². The number of amides is 1. The number of carbonyl (C=O) groups excluding carboxylic acids is 1. The van der Waals surface area contributed by atoms with Gasteiger partial charge in [-0.05, 0) is 67.8 Å². The zero-order valence-corrected chi connectivity index (χ0v) is 23.6. The van der Waals surface area contributed by atoms with Crippen molar-refractivity contribution >= 4 is 41.4 Å². The van der Waals surface area contributed by atoms with E-state index >= 15 is 0 Å². The number of imidazole rings is 1. The lowest BCUT2D eigenvalue weighted by molar-refractivity contribution is 0.0204. The minimum atomic E-state index is -2.14. The van der Waals surface area contributed by atoms with Crippen molar-refractivity contribution in [2.24, 2.45) is 0 Å². The van der Waals surface area contributed by atoms with Crippen molar-refractivity contribution in [3.63, 3.8) is 0 Å². The lowest BCUT2D eigenvalue weighted by Gasteiger charge is -2.40. The van der Waals surface area contributed by atoms with Gasteiger partial charge in [0.25, 0.3) is 0 Å². The molecular weight excluding hydrogens is 493 g/mol. The molecule has 6 nitrogen and oxygen atoms in total. The molecule has 1 aromatic heterocycles. The Bertz CT molecular complexity index is 979. The summed E-state index contributed by atoms with van der Waals surface area (Å²) >= 11 is 3.48. The molecule has 0 unspecified atom stereocenters. The van der Waals surface area contributed by atoms with Crippen LogP contribution in [-0.4, -0.2) is 54.2 Å². The van der Waals surface area contributed by atoms with E-state index in [1.165, 1.54) is 12.1 Å². The van der Waals surface area contributed by atoms with Crippen LogP contribution in [0.3, 0.4) is 0 Å². The summed E-state index contributed by atoms with van der Waals surface area (Å²) in [5.41, 5.74) is 0.821. The van der Waals surface area contributed by atoms with Crippen LogP contribution in [-0.2, 0) is 15.7 Å². The molecule has 180 valence electrons. The molecule has 9 heteroatoms. The van der Waals surface area contributed by atoms with Gasteiger partial charge in [0.15, 0.2) is 8.32 Å². The van der Waals surface area contributed by atoms with Crippen LogP contribution >= 0.6 is 15.9 Å². The summed E-state index contributed by atoms with van der Waals surface area (Å²) in [6.45, 7) is 19.2. The first kappa shape index (κ1) is 26.8. The Balaban J connectivity index is 2.40. The number of likely N-dealkylation sites (N-methyl/N-ethyl adjacent to an activating group) is 1. The van der Waals surface area contributed by atoms with Crippen molar-refractivity contribution in [2.45, 2.75) is 84.8 Å². The maximum Gasteiger partial charge on any atom is 0.410 e. The van der Waals surface area contributed by atoms with E-state index in [1.54, 1.807) is 11.9 Å². The molecule has 2 rings (SSSR count). The molecule has 1 atom stereocenters. The highest BCUT2D eigenvalue weighted by Crippen LogP contribution is 2.38. The van der Waals surface area contributed by atoms with Gasteiger partial charge in [0.1, 0.15) is 17.2 Å². The van der Waals surface area contributed by atoms with Gasteiger partial charge >= 0.3 is 6.09 Å². The number of nitrogens with zero attached hydrogens (tertiary/aromatic N) is 3. The number of hydrogen-bond acceptors (Lipinski definition) is 4. The Kier molecular flexibility index (Phi) is 7.89. The molecule has 32 heavy (non-hydrogen) atoms. The topological polar surface area (TPSA) is 56.6 Å². The zero-order valence-electron chi connectivity index (χ0n) is 21.0. The quantitative estimate of drug-likeness (QED) is 0.400. The molecule has 0 bridgehead atoms. The highest BCUT2D eigenvalue weighted by atomic mass is 79.9. The van der Waals surface area contributed by atoms with Crippen LogP contribution in [0.15, 0.2) is 16.6 Å². The maximum absolute atomic E-state index is 13.9. The molecule has 0 radical (unpaired) electrons. The smallest absolute Gasteiger partial charge is 0.410 e. The van der Waals surface area contributed by atoms with Gasteiger partial charge in [-0.15, -0.1) is 0 Å². The minimum Gasteiger partial charge on any atom is -0.444 e. The Labute approximate surface area is 200 Å². The van der Waals surface area contributed by atoms with Crippen LogP contribution in [0.25, 0.3) is 11.0 Å². The van der Waals surface area contributed by atoms with E-state index in [-0.39, 0.29) is 17.0 Å². The van der Waals surface area contributed by atoms with Crippen molar-refractivity contribution in [1.29, 1.82) is 0 Å². The number of fused-ring (bicyclic) bond motifs is 1. The predicted molar refractivity (Wildman–Crippen MR) is 133 cm³/mol. The normalized spacial score (nSPS) is 14.0. The van der Waals surface area contributed by atoms with Crippen LogP contribution in [0.5, 0.6) is 0 Å². The first-order valence-electron chi connectivity index (χ1n) is 10.8. The monoisotopic (exact) mass is 529 g/mol. The lowest BCUT2D eigenvalue weighted by Crippen LogP contribution is -2.49. The number of ether oxygens (including phenoxy) is 1. The molecule has 0 saturated carbocycles. The molecule has 0 spiro atoms. The van der Waals surface area contributed by atoms with Gasteiger partial charge in [0.2, 0.25) is 0 Å². The predicted octanol–water partition coefficient (Wildman–Crippen LogP) is 6.50. The van der Waals surface area contributed by atoms with Crippen molar-refractivity contribution in [3.05, 3.63) is 28.2 Å². The fraction of sp³-hybridized carbons (Fsp3) is 0.652. The summed E-state index contributed by atoms with van der Waals surface area (Å²) in [4.78, 5) is 18.7. The number of halogens is 2. The van der Waals surface area contributed by atoms with E-state index in [9.17, 15) is 9.18 Å². The summed E-state index contributed by atoms with van der Waals surface area (Å²) in [5, 5.41) is 0.00546. The standard InChI is InChI=1S/C23H37BrFN3O3Si/c1-15-26-19-12-16(25)11-18(24)20(19)28(15)14-17(31-32(9,10)23(5,6)7)13-27(8)21(29)30-22(2,3)4/h11-12,17H,13-14H2,1-10H3/t17-/m0/s1. The average molecular weight is 531 g/mol. The molecule has 0 fully saturated rings. The second-order valence-corrected chi connectivity index (χ2v) is 16.5. The summed E-state index contributed by atoms with van der Waals surface area (Å²) in [6.07, 6.45) is -0.682. The first-order valence-corrected chi connectivity index (χ1v) is 14.6. The number of rotatable bonds is 6. The summed E-state index contributed by atoms with van der Waals surface area (Å²) < 4.78 is 28.8. The third-order valence-electron chi connectivity index (χ3n) is 5.79. The summed E-state index contributed by atoms with van der Waals surface area (Å²) in [6, 6.07) is 2.87. The first-order chi connectivity index (χ1) is 14.4. The van der Waals surface area contributed by atoms with Crippen LogP contribution in [0.1, 0.15) is 47.4 Å². The van der Waals surface area contributed by atoms with Gasteiger partial charge in [0, 0.05) is 17.6 Å². The van der Waals surface area contributed by atoms with E-state index in [0.717, 1.165) is 11.3 Å².